The minimum absolute atomic E-state index is 0.0914. The third kappa shape index (κ3) is 4.54. The number of carbonyl (C=O) groups excluding carboxylic acids is 1. The smallest absolute Gasteiger partial charge is 0.225 e. The topological polar surface area (TPSA) is 88.6 Å². The number of pyridine rings is 1. The van der Waals surface area contributed by atoms with Gasteiger partial charge < -0.3 is 9.64 Å². The van der Waals surface area contributed by atoms with Crippen molar-refractivity contribution in [3.63, 3.8) is 0 Å². The monoisotopic (exact) mass is 381 g/mol. The number of hydrogen-bond acceptors (Lipinski definition) is 5. The van der Waals surface area contributed by atoms with Gasteiger partial charge in [0.2, 0.25) is 21.8 Å². The standard InChI is InChI=1S/C18H27N3O4S/c1-25-17-11-14(8-9-19-17)12-20-26(23,24)16-7-4-10-21(13-16)18(22)15-5-2-3-6-15/h8-9,11,15-16,20H,2-7,10,12-13H2,1H3/t16-/m0/s1. The third-order valence-corrected chi connectivity index (χ3v) is 7.13. The van der Waals surface area contributed by atoms with Crippen LogP contribution >= 0.6 is 0 Å². The van der Waals surface area contributed by atoms with Gasteiger partial charge in [-0.25, -0.2) is 18.1 Å². The summed E-state index contributed by atoms with van der Waals surface area (Å²) < 4.78 is 33.1. The van der Waals surface area contributed by atoms with E-state index in [0.29, 0.717) is 25.4 Å². The van der Waals surface area contributed by atoms with Crippen LogP contribution in [0.1, 0.15) is 44.1 Å². The van der Waals surface area contributed by atoms with Gasteiger partial charge in [0, 0.05) is 37.8 Å². The highest BCUT2D eigenvalue weighted by Crippen LogP contribution is 2.28. The SMILES string of the molecule is COc1cc(CNS(=O)(=O)[C@H]2CCCN(C(=O)C3CCCC3)C2)ccn1. The lowest BCUT2D eigenvalue weighted by Crippen LogP contribution is -2.49. The molecular weight excluding hydrogens is 354 g/mol. The maximum atomic E-state index is 12.7. The molecule has 2 fully saturated rings. The molecule has 2 heterocycles. The van der Waals surface area contributed by atoms with Crippen LogP contribution in [0.3, 0.4) is 0 Å². The van der Waals surface area contributed by atoms with Crippen molar-refractivity contribution < 1.29 is 17.9 Å². The average molecular weight is 381 g/mol. The molecule has 0 unspecified atom stereocenters. The summed E-state index contributed by atoms with van der Waals surface area (Å²) in [5, 5.41) is -0.551. The number of nitrogens with zero attached hydrogens (tertiary/aromatic N) is 2. The zero-order valence-electron chi connectivity index (χ0n) is 15.2. The van der Waals surface area contributed by atoms with Gasteiger partial charge in [-0.05, 0) is 37.3 Å². The molecule has 1 saturated heterocycles. The first kappa shape index (κ1) is 19.1. The second-order valence-electron chi connectivity index (χ2n) is 7.10. The summed E-state index contributed by atoms with van der Waals surface area (Å²) in [4.78, 5) is 18.4. The summed E-state index contributed by atoms with van der Waals surface area (Å²) in [5.41, 5.74) is 0.787. The number of hydrogen-bond donors (Lipinski definition) is 1. The van der Waals surface area contributed by atoms with E-state index in [1.54, 1.807) is 23.2 Å². The van der Waals surface area contributed by atoms with Crippen molar-refractivity contribution in [3.05, 3.63) is 23.9 Å². The Kier molecular flexibility index (Phi) is 6.13. The van der Waals surface area contributed by atoms with Crippen molar-refractivity contribution in [3.8, 4) is 5.88 Å². The highest BCUT2D eigenvalue weighted by Gasteiger charge is 2.35. The second-order valence-corrected chi connectivity index (χ2v) is 9.15. The lowest BCUT2D eigenvalue weighted by Gasteiger charge is -2.34. The van der Waals surface area contributed by atoms with Crippen LogP contribution in [-0.4, -0.2) is 49.7 Å². The van der Waals surface area contributed by atoms with Gasteiger partial charge in [-0.1, -0.05) is 12.8 Å². The number of methoxy groups -OCH3 is 1. The van der Waals surface area contributed by atoms with Crippen molar-refractivity contribution in [2.75, 3.05) is 20.2 Å². The van der Waals surface area contributed by atoms with E-state index >= 15 is 0 Å². The van der Waals surface area contributed by atoms with E-state index in [2.05, 4.69) is 9.71 Å². The van der Waals surface area contributed by atoms with Crippen LogP contribution in [0.15, 0.2) is 18.3 Å². The Morgan fingerprint density at radius 2 is 2.08 bits per heavy atom. The third-order valence-electron chi connectivity index (χ3n) is 5.32. The van der Waals surface area contributed by atoms with Crippen LogP contribution < -0.4 is 9.46 Å². The van der Waals surface area contributed by atoms with Gasteiger partial charge in [-0.2, -0.15) is 0 Å². The van der Waals surface area contributed by atoms with E-state index in [4.69, 9.17) is 4.74 Å². The van der Waals surface area contributed by atoms with E-state index < -0.39 is 15.3 Å². The molecule has 1 saturated carbocycles. The fourth-order valence-electron chi connectivity index (χ4n) is 3.80. The highest BCUT2D eigenvalue weighted by atomic mass is 32.2. The van der Waals surface area contributed by atoms with Crippen molar-refractivity contribution in [1.29, 1.82) is 0 Å². The Morgan fingerprint density at radius 3 is 2.81 bits per heavy atom. The molecule has 144 valence electrons. The van der Waals surface area contributed by atoms with E-state index in [9.17, 15) is 13.2 Å². The van der Waals surface area contributed by atoms with Gasteiger partial charge in [-0.15, -0.1) is 0 Å². The fraction of sp³-hybridized carbons (Fsp3) is 0.667. The van der Waals surface area contributed by atoms with Gasteiger partial charge in [0.15, 0.2) is 0 Å². The molecule has 26 heavy (non-hydrogen) atoms. The molecule has 0 radical (unpaired) electrons. The molecule has 3 rings (SSSR count). The summed E-state index contributed by atoms with van der Waals surface area (Å²) in [7, 11) is -1.97. The number of rotatable bonds is 6. The zero-order valence-corrected chi connectivity index (χ0v) is 16.0. The van der Waals surface area contributed by atoms with Gasteiger partial charge in [0.1, 0.15) is 0 Å². The zero-order chi connectivity index (χ0) is 18.6. The average Bonchev–Trinajstić information content (AvgIpc) is 3.21. The van der Waals surface area contributed by atoms with E-state index in [0.717, 1.165) is 37.7 Å². The molecule has 8 heteroatoms. The number of carbonyl (C=O) groups is 1. The Labute approximate surface area is 155 Å². The highest BCUT2D eigenvalue weighted by molar-refractivity contribution is 7.90. The number of amides is 1. The molecule has 7 nitrogen and oxygen atoms in total. The van der Waals surface area contributed by atoms with E-state index in [1.807, 2.05) is 0 Å². The van der Waals surface area contributed by atoms with Gasteiger partial charge >= 0.3 is 0 Å². The molecule has 1 atom stereocenters. The summed E-state index contributed by atoms with van der Waals surface area (Å²) in [6.07, 6.45) is 6.98. The molecular formula is C18H27N3O4S. The van der Waals surface area contributed by atoms with Gasteiger partial charge in [-0.3, -0.25) is 4.79 Å². The Bertz CT molecular complexity index is 732. The number of likely N-dealkylation sites (tertiary alicyclic amines) is 1. The van der Waals surface area contributed by atoms with Crippen LogP contribution in [-0.2, 0) is 21.4 Å². The van der Waals surface area contributed by atoms with Crippen molar-refractivity contribution in [1.82, 2.24) is 14.6 Å². The molecule has 1 aliphatic heterocycles. The number of sulfonamides is 1. The largest absolute Gasteiger partial charge is 0.481 e. The van der Waals surface area contributed by atoms with Crippen LogP contribution in [0.2, 0.25) is 0 Å². The van der Waals surface area contributed by atoms with Crippen molar-refractivity contribution in [2.24, 2.45) is 5.92 Å². The van der Waals surface area contributed by atoms with Crippen LogP contribution in [0.5, 0.6) is 5.88 Å². The van der Waals surface area contributed by atoms with Crippen molar-refractivity contribution in [2.45, 2.75) is 50.3 Å². The van der Waals surface area contributed by atoms with Crippen LogP contribution in [0, 0.1) is 5.92 Å². The predicted octanol–water partition coefficient (Wildman–Crippen LogP) is 1.69. The summed E-state index contributed by atoms with van der Waals surface area (Å²) >= 11 is 0. The predicted molar refractivity (Wildman–Crippen MR) is 98.1 cm³/mol. The summed E-state index contributed by atoms with van der Waals surface area (Å²) in [5.74, 6) is 0.683. The molecule has 0 aromatic carbocycles. The first-order valence-electron chi connectivity index (χ1n) is 9.26. The molecule has 1 aromatic rings. The molecule has 2 aliphatic rings. The van der Waals surface area contributed by atoms with Crippen LogP contribution in [0.4, 0.5) is 0 Å². The minimum Gasteiger partial charge on any atom is -0.481 e. The Hall–Kier alpha value is -1.67. The minimum atomic E-state index is -3.50. The quantitative estimate of drug-likeness (QED) is 0.810. The van der Waals surface area contributed by atoms with Gasteiger partial charge in [0.05, 0.1) is 12.4 Å². The fourth-order valence-corrected chi connectivity index (χ4v) is 5.25. The summed E-state index contributed by atoms with van der Waals surface area (Å²) in [6, 6.07) is 3.46. The second kappa shape index (κ2) is 8.35. The Morgan fingerprint density at radius 1 is 1.31 bits per heavy atom. The maximum Gasteiger partial charge on any atom is 0.225 e. The first-order valence-corrected chi connectivity index (χ1v) is 10.8. The van der Waals surface area contributed by atoms with Crippen LogP contribution in [0.25, 0.3) is 0 Å². The maximum absolute atomic E-state index is 12.7. The van der Waals surface area contributed by atoms with Crippen molar-refractivity contribution >= 4 is 15.9 Å². The van der Waals surface area contributed by atoms with E-state index in [-0.39, 0.29) is 18.4 Å². The molecule has 1 aliphatic carbocycles. The number of piperidine rings is 1. The molecule has 1 amide bonds. The molecule has 1 N–H and O–H groups in total. The molecule has 1 aromatic heterocycles. The molecule has 0 spiro atoms. The first-order chi connectivity index (χ1) is 12.5. The lowest BCUT2D eigenvalue weighted by atomic mass is 10.0. The van der Waals surface area contributed by atoms with Gasteiger partial charge in [0.25, 0.3) is 0 Å². The Balaban J connectivity index is 1.59. The number of ether oxygens (including phenoxy) is 1. The summed E-state index contributed by atoms with van der Waals surface area (Å²) in [6.45, 7) is 1.15. The lowest BCUT2D eigenvalue weighted by molar-refractivity contribution is -0.136. The van der Waals surface area contributed by atoms with E-state index in [1.165, 1.54) is 7.11 Å². The number of nitrogens with one attached hydrogen (secondary N) is 1. The normalized spacial score (nSPS) is 21.7. The number of aromatic nitrogens is 1. The molecule has 0 bridgehead atoms.